The van der Waals surface area contributed by atoms with E-state index >= 15 is 0 Å². The van der Waals surface area contributed by atoms with Gasteiger partial charge in [0.05, 0.1) is 30.0 Å². The van der Waals surface area contributed by atoms with Gasteiger partial charge in [0, 0.05) is 13.5 Å². The monoisotopic (exact) mass is 431 g/mol. The predicted octanol–water partition coefficient (Wildman–Crippen LogP) is 4.96. The van der Waals surface area contributed by atoms with E-state index in [1.54, 1.807) is 18.2 Å². The van der Waals surface area contributed by atoms with Crippen molar-refractivity contribution in [3.63, 3.8) is 0 Å². The molecular formula is C20H21ClF3NO4. The Morgan fingerprint density at radius 2 is 1.79 bits per heavy atom. The van der Waals surface area contributed by atoms with Crippen LogP contribution < -0.4 is 14.8 Å². The number of ether oxygens (including phenoxy) is 3. The molecule has 0 heterocycles. The molecule has 158 valence electrons. The zero-order valence-electron chi connectivity index (χ0n) is 15.9. The van der Waals surface area contributed by atoms with Crippen LogP contribution in [0.3, 0.4) is 0 Å². The van der Waals surface area contributed by atoms with Gasteiger partial charge in [0.15, 0.2) is 0 Å². The molecule has 1 N–H and O–H groups in total. The topological polar surface area (TPSA) is 56.8 Å². The largest absolute Gasteiger partial charge is 0.495 e. The molecule has 0 spiro atoms. The predicted molar refractivity (Wildman–Crippen MR) is 104 cm³/mol. The van der Waals surface area contributed by atoms with Gasteiger partial charge in [-0.15, -0.1) is 0 Å². The van der Waals surface area contributed by atoms with Gasteiger partial charge in [-0.25, -0.2) is 0 Å². The Hall–Kier alpha value is -2.45. The molecule has 2 rings (SSSR count). The SMILES string of the molecule is COCCOc1ccc(C(F)(F)F)cc1NC(=O)CCc1ccc(OC)c(Cl)c1. The Morgan fingerprint density at radius 1 is 1.07 bits per heavy atom. The maximum Gasteiger partial charge on any atom is 0.416 e. The van der Waals surface area contributed by atoms with E-state index in [9.17, 15) is 18.0 Å². The van der Waals surface area contributed by atoms with Crippen molar-refractivity contribution in [2.75, 3.05) is 32.8 Å². The summed E-state index contributed by atoms with van der Waals surface area (Å²) in [5.41, 5.74) is -0.130. The van der Waals surface area contributed by atoms with Crippen LogP contribution in [0.4, 0.5) is 18.9 Å². The Morgan fingerprint density at radius 3 is 2.41 bits per heavy atom. The summed E-state index contributed by atoms with van der Waals surface area (Å²) in [6, 6.07) is 8.06. The number of amides is 1. The summed E-state index contributed by atoms with van der Waals surface area (Å²) in [5, 5.41) is 2.91. The van der Waals surface area contributed by atoms with Gasteiger partial charge in [-0.2, -0.15) is 13.2 Å². The van der Waals surface area contributed by atoms with E-state index in [1.165, 1.54) is 20.3 Å². The molecule has 0 aliphatic carbocycles. The highest BCUT2D eigenvalue weighted by Crippen LogP contribution is 2.35. The average molecular weight is 432 g/mol. The number of hydrogen-bond donors (Lipinski definition) is 1. The number of benzene rings is 2. The first kappa shape index (κ1) is 22.8. The number of aryl methyl sites for hydroxylation is 1. The minimum absolute atomic E-state index is 0.0475. The first-order chi connectivity index (χ1) is 13.7. The second-order valence-corrected chi connectivity index (χ2v) is 6.47. The average Bonchev–Trinajstić information content (AvgIpc) is 2.67. The molecule has 0 aliphatic heterocycles. The van der Waals surface area contributed by atoms with Crippen LogP contribution in [-0.2, 0) is 22.1 Å². The molecule has 0 radical (unpaired) electrons. The molecular weight excluding hydrogens is 411 g/mol. The summed E-state index contributed by atoms with van der Waals surface area (Å²) >= 11 is 6.06. The van der Waals surface area contributed by atoms with E-state index < -0.39 is 17.6 Å². The smallest absolute Gasteiger partial charge is 0.416 e. The Kier molecular flexibility index (Phi) is 8.16. The van der Waals surface area contributed by atoms with Crippen LogP contribution in [0.2, 0.25) is 5.02 Å². The van der Waals surface area contributed by atoms with Gasteiger partial charge in [-0.1, -0.05) is 17.7 Å². The fourth-order valence-corrected chi connectivity index (χ4v) is 2.78. The Balaban J connectivity index is 2.09. The highest BCUT2D eigenvalue weighted by atomic mass is 35.5. The molecule has 0 atom stereocenters. The lowest BCUT2D eigenvalue weighted by Crippen LogP contribution is -2.15. The maximum atomic E-state index is 13.0. The van der Waals surface area contributed by atoms with Crippen molar-refractivity contribution in [3.8, 4) is 11.5 Å². The minimum atomic E-state index is -4.54. The van der Waals surface area contributed by atoms with E-state index in [4.69, 9.17) is 25.8 Å². The van der Waals surface area contributed by atoms with Crippen molar-refractivity contribution in [2.24, 2.45) is 0 Å². The molecule has 0 saturated heterocycles. The van der Waals surface area contributed by atoms with Gasteiger partial charge in [0.2, 0.25) is 5.91 Å². The molecule has 5 nitrogen and oxygen atoms in total. The van der Waals surface area contributed by atoms with Crippen molar-refractivity contribution in [1.29, 1.82) is 0 Å². The molecule has 9 heteroatoms. The molecule has 0 aliphatic rings. The second kappa shape index (κ2) is 10.4. The van der Waals surface area contributed by atoms with E-state index in [-0.39, 0.29) is 31.1 Å². The molecule has 0 unspecified atom stereocenters. The Labute approximate surface area is 171 Å². The summed E-state index contributed by atoms with van der Waals surface area (Å²) in [6.07, 6.45) is -4.13. The number of carbonyl (C=O) groups is 1. The standard InChI is InChI=1S/C20H21ClF3NO4/c1-27-9-10-29-18-7-5-14(20(22,23)24)12-16(18)25-19(26)8-4-13-3-6-17(28-2)15(21)11-13/h3,5-7,11-12H,4,8-10H2,1-2H3,(H,25,26). The highest BCUT2D eigenvalue weighted by molar-refractivity contribution is 6.32. The lowest BCUT2D eigenvalue weighted by molar-refractivity contribution is -0.137. The maximum absolute atomic E-state index is 13.0. The number of anilines is 1. The minimum Gasteiger partial charge on any atom is -0.495 e. The summed E-state index contributed by atoms with van der Waals surface area (Å²) < 4.78 is 54.4. The Bertz CT molecular complexity index is 843. The number of halogens is 4. The molecule has 2 aromatic rings. The summed E-state index contributed by atoms with van der Waals surface area (Å²) in [7, 11) is 2.97. The van der Waals surface area contributed by atoms with Crippen LogP contribution in [0, 0.1) is 0 Å². The molecule has 1 amide bonds. The van der Waals surface area contributed by atoms with Gasteiger partial charge < -0.3 is 19.5 Å². The molecule has 0 aromatic heterocycles. The first-order valence-corrected chi connectivity index (χ1v) is 9.07. The normalized spacial score (nSPS) is 11.2. The number of carbonyl (C=O) groups excluding carboxylic acids is 1. The van der Waals surface area contributed by atoms with Gasteiger partial charge in [-0.3, -0.25) is 4.79 Å². The number of rotatable bonds is 9. The zero-order chi connectivity index (χ0) is 21.4. The fourth-order valence-electron chi connectivity index (χ4n) is 2.50. The van der Waals surface area contributed by atoms with Crippen LogP contribution in [0.15, 0.2) is 36.4 Å². The van der Waals surface area contributed by atoms with E-state index in [1.807, 2.05) is 0 Å². The molecule has 0 saturated carbocycles. The molecule has 29 heavy (non-hydrogen) atoms. The summed E-state index contributed by atoms with van der Waals surface area (Å²) in [6.45, 7) is 0.391. The van der Waals surface area contributed by atoms with Gasteiger partial charge >= 0.3 is 6.18 Å². The van der Waals surface area contributed by atoms with Gasteiger partial charge in [0.1, 0.15) is 18.1 Å². The zero-order valence-corrected chi connectivity index (χ0v) is 16.7. The first-order valence-electron chi connectivity index (χ1n) is 8.70. The lowest BCUT2D eigenvalue weighted by atomic mass is 10.1. The van der Waals surface area contributed by atoms with Crippen molar-refractivity contribution in [1.82, 2.24) is 0 Å². The van der Waals surface area contributed by atoms with Crippen LogP contribution in [0.25, 0.3) is 0 Å². The molecule has 0 bridgehead atoms. The van der Waals surface area contributed by atoms with Crippen molar-refractivity contribution in [3.05, 3.63) is 52.5 Å². The van der Waals surface area contributed by atoms with Crippen LogP contribution >= 0.6 is 11.6 Å². The third-order valence-electron chi connectivity index (χ3n) is 3.98. The van der Waals surface area contributed by atoms with E-state index in [0.29, 0.717) is 17.2 Å². The van der Waals surface area contributed by atoms with E-state index in [2.05, 4.69) is 5.32 Å². The van der Waals surface area contributed by atoms with Crippen LogP contribution in [0.5, 0.6) is 11.5 Å². The van der Waals surface area contributed by atoms with Crippen molar-refractivity contribution < 1.29 is 32.2 Å². The van der Waals surface area contributed by atoms with Gasteiger partial charge in [-0.05, 0) is 42.3 Å². The lowest BCUT2D eigenvalue weighted by Gasteiger charge is -2.15. The van der Waals surface area contributed by atoms with Crippen molar-refractivity contribution >= 4 is 23.2 Å². The fraction of sp³-hybridized carbons (Fsp3) is 0.350. The summed E-state index contributed by atoms with van der Waals surface area (Å²) in [4.78, 5) is 12.3. The number of hydrogen-bond acceptors (Lipinski definition) is 4. The summed E-state index contributed by atoms with van der Waals surface area (Å²) in [5.74, 6) is 0.199. The third kappa shape index (κ3) is 6.83. The highest BCUT2D eigenvalue weighted by Gasteiger charge is 2.31. The van der Waals surface area contributed by atoms with E-state index in [0.717, 1.165) is 17.7 Å². The van der Waals surface area contributed by atoms with Crippen LogP contribution in [-0.4, -0.2) is 33.3 Å². The molecule has 2 aromatic carbocycles. The number of nitrogens with one attached hydrogen (secondary N) is 1. The molecule has 0 fully saturated rings. The van der Waals surface area contributed by atoms with Gasteiger partial charge in [0.25, 0.3) is 0 Å². The van der Waals surface area contributed by atoms with Crippen LogP contribution in [0.1, 0.15) is 17.5 Å². The van der Waals surface area contributed by atoms with Crippen molar-refractivity contribution in [2.45, 2.75) is 19.0 Å². The second-order valence-electron chi connectivity index (χ2n) is 6.07. The number of methoxy groups -OCH3 is 2. The quantitative estimate of drug-likeness (QED) is 0.570. The number of alkyl halides is 3. The third-order valence-corrected chi connectivity index (χ3v) is 4.28.